The number of nitrogens with one attached hydrogen (secondary N) is 1. The van der Waals surface area contributed by atoms with Crippen molar-refractivity contribution >= 4 is 0 Å². The lowest BCUT2D eigenvalue weighted by Crippen LogP contribution is -2.25. The van der Waals surface area contributed by atoms with E-state index in [1.807, 2.05) is 6.92 Å². The topological polar surface area (TPSA) is 32.3 Å². The smallest absolute Gasteiger partial charge is 0.0636 e. The van der Waals surface area contributed by atoms with E-state index in [0.717, 1.165) is 13.1 Å². The molecule has 2 nitrogen and oxygen atoms in total. The van der Waals surface area contributed by atoms with Crippen LogP contribution in [-0.4, -0.2) is 24.3 Å². The van der Waals surface area contributed by atoms with Gasteiger partial charge >= 0.3 is 0 Å². The molecule has 0 saturated carbocycles. The lowest BCUT2D eigenvalue weighted by molar-refractivity contribution is 0.191. The third kappa shape index (κ3) is 17.9. The highest BCUT2D eigenvalue weighted by Crippen LogP contribution is 2.11. The van der Waals surface area contributed by atoms with Crippen LogP contribution in [0, 0.1) is 0 Å². The van der Waals surface area contributed by atoms with Crippen LogP contribution in [0.3, 0.4) is 0 Å². The van der Waals surface area contributed by atoms with Crippen LogP contribution in [-0.2, 0) is 0 Å². The van der Waals surface area contributed by atoms with Gasteiger partial charge in [0, 0.05) is 6.54 Å². The third-order valence-electron chi connectivity index (χ3n) is 3.65. The average molecular weight is 271 g/mol. The van der Waals surface area contributed by atoms with Crippen LogP contribution in [0.4, 0.5) is 0 Å². The molecule has 0 saturated heterocycles. The Bertz CT molecular complexity index is 159. The van der Waals surface area contributed by atoms with E-state index in [1.54, 1.807) is 0 Å². The Kier molecular flexibility index (Phi) is 15.9. The minimum atomic E-state index is -0.211. The summed E-state index contributed by atoms with van der Waals surface area (Å²) in [5, 5.41) is 12.4. The molecule has 0 aliphatic carbocycles. The Balaban J connectivity index is 2.91. The van der Waals surface area contributed by atoms with Crippen LogP contribution in [0.2, 0.25) is 0 Å². The summed E-state index contributed by atoms with van der Waals surface area (Å²) < 4.78 is 0. The second kappa shape index (κ2) is 16.0. The minimum absolute atomic E-state index is 0.211. The van der Waals surface area contributed by atoms with Crippen LogP contribution in [0.1, 0.15) is 90.9 Å². The fourth-order valence-electron chi connectivity index (χ4n) is 2.40. The Morgan fingerprint density at radius 3 is 1.58 bits per heavy atom. The molecule has 0 aromatic carbocycles. The lowest BCUT2D eigenvalue weighted by Gasteiger charge is -2.06. The summed E-state index contributed by atoms with van der Waals surface area (Å²) in [6, 6.07) is 0. The summed E-state index contributed by atoms with van der Waals surface area (Å²) in [4.78, 5) is 0. The van der Waals surface area contributed by atoms with E-state index in [0.29, 0.717) is 0 Å². The molecular formula is C17H37NO. The van der Waals surface area contributed by atoms with E-state index in [4.69, 9.17) is 5.11 Å². The molecule has 0 aromatic rings. The zero-order valence-corrected chi connectivity index (χ0v) is 13.4. The van der Waals surface area contributed by atoms with E-state index in [1.165, 1.54) is 77.0 Å². The molecule has 0 bridgehead atoms. The molecule has 1 atom stereocenters. The normalized spacial score (nSPS) is 12.8. The molecule has 0 aliphatic rings. The Morgan fingerprint density at radius 1 is 0.737 bits per heavy atom. The van der Waals surface area contributed by atoms with Gasteiger partial charge in [-0.1, -0.05) is 77.6 Å². The lowest BCUT2D eigenvalue weighted by atomic mass is 10.1. The van der Waals surface area contributed by atoms with Gasteiger partial charge in [0.05, 0.1) is 6.10 Å². The maximum atomic E-state index is 9.08. The fourth-order valence-corrected chi connectivity index (χ4v) is 2.40. The first-order chi connectivity index (χ1) is 9.27. The molecule has 0 unspecified atom stereocenters. The molecule has 0 fully saturated rings. The zero-order chi connectivity index (χ0) is 14.2. The second-order valence-corrected chi connectivity index (χ2v) is 5.94. The van der Waals surface area contributed by atoms with Gasteiger partial charge in [-0.2, -0.15) is 0 Å². The van der Waals surface area contributed by atoms with Crippen molar-refractivity contribution < 1.29 is 5.11 Å². The summed E-state index contributed by atoms with van der Waals surface area (Å²) >= 11 is 0. The van der Waals surface area contributed by atoms with Gasteiger partial charge in [0.25, 0.3) is 0 Å². The van der Waals surface area contributed by atoms with Gasteiger partial charge in [-0.25, -0.2) is 0 Å². The summed E-state index contributed by atoms with van der Waals surface area (Å²) in [6.45, 7) is 5.90. The van der Waals surface area contributed by atoms with Crippen molar-refractivity contribution in [2.24, 2.45) is 0 Å². The van der Waals surface area contributed by atoms with E-state index >= 15 is 0 Å². The first kappa shape index (κ1) is 18.9. The van der Waals surface area contributed by atoms with Crippen molar-refractivity contribution in [1.82, 2.24) is 5.32 Å². The first-order valence-corrected chi connectivity index (χ1v) is 8.66. The SMILES string of the molecule is CCCCCCCCCCCCCCNC[C@@H](C)O. The molecule has 2 heteroatoms. The summed E-state index contributed by atoms with van der Waals surface area (Å²) in [5.41, 5.74) is 0. The van der Waals surface area contributed by atoms with Gasteiger partial charge in [0.15, 0.2) is 0 Å². The number of hydrogen-bond acceptors (Lipinski definition) is 2. The van der Waals surface area contributed by atoms with E-state index in [-0.39, 0.29) is 6.10 Å². The quantitative estimate of drug-likeness (QED) is 0.425. The van der Waals surface area contributed by atoms with E-state index < -0.39 is 0 Å². The van der Waals surface area contributed by atoms with Gasteiger partial charge in [-0.15, -0.1) is 0 Å². The molecule has 2 N–H and O–H groups in total. The van der Waals surface area contributed by atoms with Gasteiger partial charge in [0.2, 0.25) is 0 Å². The molecule has 0 rings (SSSR count). The van der Waals surface area contributed by atoms with Gasteiger partial charge in [-0.3, -0.25) is 0 Å². The number of aliphatic hydroxyl groups excluding tert-OH is 1. The molecule has 116 valence electrons. The molecule has 0 spiro atoms. The number of hydrogen-bond donors (Lipinski definition) is 2. The Hall–Kier alpha value is -0.0800. The van der Waals surface area contributed by atoms with Crippen molar-refractivity contribution in [3.63, 3.8) is 0 Å². The van der Waals surface area contributed by atoms with Crippen molar-refractivity contribution in [2.75, 3.05) is 13.1 Å². The molecule has 0 aromatic heterocycles. The fraction of sp³-hybridized carbons (Fsp3) is 1.00. The summed E-state index contributed by atoms with van der Waals surface area (Å²) in [6.07, 6.45) is 16.6. The number of unbranched alkanes of at least 4 members (excludes halogenated alkanes) is 11. The highest BCUT2D eigenvalue weighted by molar-refractivity contribution is 4.53. The van der Waals surface area contributed by atoms with Crippen molar-refractivity contribution in [1.29, 1.82) is 0 Å². The van der Waals surface area contributed by atoms with Crippen LogP contribution >= 0.6 is 0 Å². The molecule has 19 heavy (non-hydrogen) atoms. The highest BCUT2D eigenvalue weighted by atomic mass is 16.3. The summed E-state index contributed by atoms with van der Waals surface area (Å²) in [7, 11) is 0. The van der Waals surface area contributed by atoms with Crippen LogP contribution in [0.5, 0.6) is 0 Å². The maximum absolute atomic E-state index is 9.08. The Labute approximate surface area is 121 Å². The van der Waals surface area contributed by atoms with Gasteiger partial charge < -0.3 is 10.4 Å². The monoisotopic (exact) mass is 271 g/mol. The number of rotatable bonds is 15. The van der Waals surface area contributed by atoms with E-state index in [9.17, 15) is 0 Å². The zero-order valence-electron chi connectivity index (χ0n) is 13.4. The predicted molar refractivity (Wildman–Crippen MR) is 85.6 cm³/mol. The van der Waals surface area contributed by atoms with Crippen LogP contribution in [0.15, 0.2) is 0 Å². The molecule has 0 aliphatic heterocycles. The number of aliphatic hydroxyl groups is 1. The van der Waals surface area contributed by atoms with Gasteiger partial charge in [0.1, 0.15) is 0 Å². The molecule has 0 amide bonds. The maximum Gasteiger partial charge on any atom is 0.0636 e. The Morgan fingerprint density at radius 2 is 1.16 bits per heavy atom. The van der Waals surface area contributed by atoms with Gasteiger partial charge in [-0.05, 0) is 19.9 Å². The van der Waals surface area contributed by atoms with Crippen molar-refractivity contribution in [3.05, 3.63) is 0 Å². The van der Waals surface area contributed by atoms with E-state index in [2.05, 4.69) is 12.2 Å². The highest BCUT2D eigenvalue weighted by Gasteiger charge is 1.95. The van der Waals surface area contributed by atoms with Crippen LogP contribution < -0.4 is 5.32 Å². The minimum Gasteiger partial charge on any atom is -0.392 e. The first-order valence-electron chi connectivity index (χ1n) is 8.66. The van der Waals surface area contributed by atoms with Crippen molar-refractivity contribution in [3.8, 4) is 0 Å². The molecule has 0 radical (unpaired) electrons. The largest absolute Gasteiger partial charge is 0.392 e. The second-order valence-electron chi connectivity index (χ2n) is 5.94. The molecule has 0 heterocycles. The van der Waals surface area contributed by atoms with Crippen molar-refractivity contribution in [2.45, 2.75) is 97.0 Å². The average Bonchev–Trinajstić information content (AvgIpc) is 2.39. The third-order valence-corrected chi connectivity index (χ3v) is 3.65. The van der Waals surface area contributed by atoms with Crippen LogP contribution in [0.25, 0.3) is 0 Å². The summed E-state index contributed by atoms with van der Waals surface area (Å²) in [5.74, 6) is 0. The molecular weight excluding hydrogens is 234 g/mol. The standard InChI is InChI=1S/C17H37NO/c1-3-4-5-6-7-8-9-10-11-12-13-14-15-18-16-17(2)19/h17-19H,3-16H2,1-2H3/t17-/m1/s1. The predicted octanol–water partition coefficient (Wildman–Crippen LogP) is 4.66.